The van der Waals surface area contributed by atoms with Gasteiger partial charge in [0.05, 0.1) is 5.57 Å². The Labute approximate surface area is 146 Å². The van der Waals surface area contributed by atoms with E-state index in [1.54, 1.807) is 11.0 Å². The van der Waals surface area contributed by atoms with Gasteiger partial charge in [0.2, 0.25) is 0 Å². The van der Waals surface area contributed by atoms with Gasteiger partial charge in [-0.05, 0) is 31.2 Å². The summed E-state index contributed by atoms with van der Waals surface area (Å²) in [6.07, 6.45) is 1.74. The van der Waals surface area contributed by atoms with E-state index in [2.05, 4.69) is 0 Å². The topological polar surface area (TPSA) is 55.8 Å². The number of benzene rings is 2. The summed E-state index contributed by atoms with van der Waals surface area (Å²) < 4.78 is 10.7. The third-order valence-electron chi connectivity index (χ3n) is 3.91. The molecule has 0 aromatic heterocycles. The molecule has 0 bridgehead atoms. The van der Waals surface area contributed by atoms with E-state index in [0.717, 1.165) is 17.0 Å². The Kier molecular flexibility index (Phi) is 5.14. The fourth-order valence-electron chi connectivity index (χ4n) is 2.64. The lowest BCUT2D eigenvalue weighted by atomic mass is 10.1. The third-order valence-corrected chi connectivity index (χ3v) is 3.91. The Morgan fingerprint density at radius 3 is 2.56 bits per heavy atom. The summed E-state index contributed by atoms with van der Waals surface area (Å²) in [5.74, 6) is -0.0666. The van der Waals surface area contributed by atoms with Crippen LogP contribution in [0.1, 0.15) is 12.5 Å². The van der Waals surface area contributed by atoms with Crippen LogP contribution >= 0.6 is 0 Å². The molecule has 25 heavy (non-hydrogen) atoms. The number of carbonyl (C=O) groups is 2. The Balaban J connectivity index is 1.62. The van der Waals surface area contributed by atoms with E-state index in [9.17, 15) is 9.59 Å². The predicted molar refractivity (Wildman–Crippen MR) is 95.3 cm³/mol. The highest BCUT2D eigenvalue weighted by Gasteiger charge is 2.21. The molecule has 0 unspecified atom stereocenters. The molecular formula is C20H19NO4. The quantitative estimate of drug-likeness (QED) is 0.787. The zero-order valence-corrected chi connectivity index (χ0v) is 14.0. The molecule has 1 heterocycles. The number of carbonyl (C=O) groups excluding carboxylic acids is 2. The van der Waals surface area contributed by atoms with Crippen LogP contribution in [0.3, 0.4) is 0 Å². The van der Waals surface area contributed by atoms with Gasteiger partial charge in [-0.15, -0.1) is 0 Å². The first-order valence-electron chi connectivity index (χ1n) is 8.14. The van der Waals surface area contributed by atoms with Crippen LogP contribution in [0.25, 0.3) is 6.08 Å². The normalized spacial score (nSPS) is 12.4. The summed E-state index contributed by atoms with van der Waals surface area (Å²) in [6.45, 7) is 2.21. The number of likely N-dealkylation sites (N-methyl/N-ethyl adjacent to an activating group) is 1. The maximum atomic E-state index is 12.4. The molecule has 0 saturated heterocycles. The van der Waals surface area contributed by atoms with E-state index >= 15 is 0 Å². The van der Waals surface area contributed by atoms with Gasteiger partial charge in [0.1, 0.15) is 12.4 Å². The van der Waals surface area contributed by atoms with Crippen LogP contribution in [-0.4, -0.2) is 31.6 Å². The van der Waals surface area contributed by atoms with Gasteiger partial charge in [0.15, 0.2) is 6.61 Å². The number of esters is 1. The van der Waals surface area contributed by atoms with Crippen molar-refractivity contribution in [1.29, 1.82) is 0 Å². The predicted octanol–water partition coefficient (Wildman–Crippen LogP) is 3.06. The van der Waals surface area contributed by atoms with E-state index < -0.39 is 5.97 Å². The molecule has 0 spiro atoms. The lowest BCUT2D eigenvalue weighted by Gasteiger charge is -2.21. The second-order valence-electron chi connectivity index (χ2n) is 5.55. The monoisotopic (exact) mass is 337 g/mol. The molecule has 0 radical (unpaired) electrons. The zero-order chi connectivity index (χ0) is 17.6. The summed E-state index contributed by atoms with van der Waals surface area (Å²) in [6, 6.07) is 16.7. The molecule has 0 aliphatic carbocycles. The average Bonchev–Trinajstić information content (AvgIpc) is 2.67. The summed E-state index contributed by atoms with van der Waals surface area (Å²) in [5.41, 5.74) is 2.00. The van der Waals surface area contributed by atoms with Crippen LogP contribution in [0.2, 0.25) is 0 Å². The molecule has 0 atom stereocenters. The largest absolute Gasteiger partial charge is 0.488 e. The fourth-order valence-corrected chi connectivity index (χ4v) is 2.64. The number of hydrogen-bond acceptors (Lipinski definition) is 4. The van der Waals surface area contributed by atoms with Crippen LogP contribution < -0.4 is 9.64 Å². The highest BCUT2D eigenvalue weighted by Crippen LogP contribution is 2.26. The van der Waals surface area contributed by atoms with Gasteiger partial charge >= 0.3 is 5.97 Å². The van der Waals surface area contributed by atoms with Crippen LogP contribution in [0.15, 0.2) is 60.2 Å². The molecule has 5 nitrogen and oxygen atoms in total. The van der Waals surface area contributed by atoms with Gasteiger partial charge in [-0.25, -0.2) is 4.79 Å². The molecule has 1 aliphatic rings. The smallest absolute Gasteiger partial charge is 0.338 e. The van der Waals surface area contributed by atoms with Crippen molar-refractivity contribution in [2.45, 2.75) is 6.92 Å². The number of para-hydroxylation sites is 2. The number of amides is 1. The second-order valence-corrected chi connectivity index (χ2v) is 5.55. The molecule has 5 heteroatoms. The van der Waals surface area contributed by atoms with E-state index in [-0.39, 0.29) is 19.1 Å². The van der Waals surface area contributed by atoms with E-state index in [4.69, 9.17) is 9.47 Å². The standard InChI is InChI=1S/C20H19NO4/c1-2-21(17-9-4-3-5-10-17)19(22)14-25-20(23)16-12-15-8-6-7-11-18(15)24-13-16/h3-12H,2,13-14H2,1H3. The molecule has 0 saturated carbocycles. The lowest BCUT2D eigenvalue weighted by molar-refractivity contribution is -0.144. The SMILES string of the molecule is CCN(C(=O)COC(=O)C1=Cc2ccccc2OC1)c1ccccc1. The Bertz CT molecular complexity index is 798. The Morgan fingerprint density at radius 1 is 1.08 bits per heavy atom. The van der Waals surface area contributed by atoms with Gasteiger partial charge in [-0.2, -0.15) is 0 Å². The molecule has 0 fully saturated rings. The van der Waals surface area contributed by atoms with Gasteiger partial charge in [0, 0.05) is 17.8 Å². The van der Waals surface area contributed by atoms with Crippen molar-refractivity contribution in [2.75, 3.05) is 24.7 Å². The van der Waals surface area contributed by atoms with Gasteiger partial charge in [-0.1, -0.05) is 36.4 Å². The number of hydrogen-bond donors (Lipinski definition) is 0. The molecule has 2 aromatic carbocycles. The summed E-state index contributed by atoms with van der Waals surface area (Å²) in [4.78, 5) is 26.2. The van der Waals surface area contributed by atoms with Gasteiger partial charge in [0.25, 0.3) is 5.91 Å². The summed E-state index contributed by atoms with van der Waals surface area (Å²) >= 11 is 0. The summed E-state index contributed by atoms with van der Waals surface area (Å²) in [7, 11) is 0. The minimum Gasteiger partial charge on any atom is -0.488 e. The molecule has 3 rings (SSSR count). The number of ether oxygens (including phenoxy) is 2. The highest BCUT2D eigenvalue weighted by molar-refractivity contribution is 5.99. The van der Waals surface area contributed by atoms with E-state index in [1.165, 1.54) is 0 Å². The number of fused-ring (bicyclic) bond motifs is 1. The Hall–Kier alpha value is -3.08. The van der Waals surface area contributed by atoms with Crippen molar-refractivity contribution in [1.82, 2.24) is 0 Å². The van der Waals surface area contributed by atoms with Gasteiger partial charge in [-0.3, -0.25) is 4.79 Å². The second kappa shape index (κ2) is 7.66. The van der Waals surface area contributed by atoms with Gasteiger partial charge < -0.3 is 14.4 Å². The summed E-state index contributed by atoms with van der Waals surface area (Å²) in [5, 5.41) is 0. The average molecular weight is 337 g/mol. The van der Waals surface area contributed by atoms with Crippen molar-refractivity contribution < 1.29 is 19.1 Å². The lowest BCUT2D eigenvalue weighted by Crippen LogP contribution is -2.35. The van der Waals surface area contributed by atoms with Crippen LogP contribution in [0.4, 0.5) is 5.69 Å². The molecule has 2 aromatic rings. The molecule has 1 aliphatic heterocycles. The molecule has 0 N–H and O–H groups in total. The molecular weight excluding hydrogens is 318 g/mol. The van der Waals surface area contributed by atoms with Crippen molar-refractivity contribution in [3.8, 4) is 5.75 Å². The third kappa shape index (κ3) is 3.88. The molecule has 1 amide bonds. The van der Waals surface area contributed by atoms with Crippen LogP contribution in [0.5, 0.6) is 5.75 Å². The first-order valence-corrected chi connectivity index (χ1v) is 8.14. The van der Waals surface area contributed by atoms with Crippen LogP contribution in [0, 0.1) is 0 Å². The van der Waals surface area contributed by atoms with Crippen LogP contribution in [-0.2, 0) is 14.3 Å². The number of rotatable bonds is 5. The van der Waals surface area contributed by atoms with Crippen molar-refractivity contribution in [3.63, 3.8) is 0 Å². The maximum absolute atomic E-state index is 12.4. The molecule has 128 valence electrons. The van der Waals surface area contributed by atoms with E-state index in [1.807, 2.05) is 61.5 Å². The van der Waals surface area contributed by atoms with E-state index in [0.29, 0.717) is 12.1 Å². The minimum atomic E-state index is -0.535. The zero-order valence-electron chi connectivity index (χ0n) is 14.0. The maximum Gasteiger partial charge on any atom is 0.338 e. The first kappa shape index (κ1) is 16.8. The highest BCUT2D eigenvalue weighted by atomic mass is 16.5. The first-order chi connectivity index (χ1) is 12.2. The number of anilines is 1. The number of nitrogens with zero attached hydrogens (tertiary/aromatic N) is 1. The fraction of sp³-hybridized carbons (Fsp3) is 0.200. The van der Waals surface area contributed by atoms with Crippen molar-refractivity contribution >= 4 is 23.6 Å². The van der Waals surface area contributed by atoms with Crippen molar-refractivity contribution in [2.24, 2.45) is 0 Å². The minimum absolute atomic E-state index is 0.139. The van der Waals surface area contributed by atoms with Crippen molar-refractivity contribution in [3.05, 3.63) is 65.7 Å². The Morgan fingerprint density at radius 2 is 1.80 bits per heavy atom.